The van der Waals surface area contributed by atoms with Gasteiger partial charge in [-0.05, 0) is 13.8 Å². The fourth-order valence-corrected chi connectivity index (χ4v) is 2.10. The molecule has 0 amide bonds. The largest absolute Gasteiger partial charge is 0.372 e. The van der Waals surface area contributed by atoms with Crippen molar-refractivity contribution in [3.05, 3.63) is 17.5 Å². The van der Waals surface area contributed by atoms with E-state index in [4.69, 9.17) is 16.3 Å². The minimum atomic E-state index is -0.0599. The number of rotatable bonds is 3. The molecule has 4 nitrogen and oxygen atoms in total. The average Bonchev–Trinajstić information content (AvgIpc) is 2.15. The van der Waals surface area contributed by atoms with Crippen LogP contribution in [0.3, 0.4) is 0 Å². The van der Waals surface area contributed by atoms with E-state index < -0.39 is 0 Å². The third-order valence-electron chi connectivity index (χ3n) is 2.48. The van der Waals surface area contributed by atoms with Gasteiger partial charge in [0.1, 0.15) is 5.60 Å². The summed E-state index contributed by atoms with van der Waals surface area (Å²) in [6.45, 7) is 6.47. The Bertz CT molecular complexity index is 352. The van der Waals surface area contributed by atoms with Gasteiger partial charge in [0.15, 0.2) is 11.0 Å². The van der Waals surface area contributed by atoms with Crippen molar-refractivity contribution in [3.8, 4) is 0 Å². The zero-order chi connectivity index (χ0) is 10.9. The number of nitrogens with zero attached hydrogens (tertiary/aromatic N) is 3. The van der Waals surface area contributed by atoms with E-state index in [0.29, 0.717) is 5.15 Å². The van der Waals surface area contributed by atoms with Crippen molar-refractivity contribution >= 4 is 17.4 Å². The van der Waals surface area contributed by atoms with E-state index in [-0.39, 0.29) is 5.60 Å². The number of hydrogen-bond acceptors (Lipinski definition) is 4. The topological polar surface area (TPSA) is 38.2 Å². The molecule has 82 valence electrons. The molecule has 1 saturated heterocycles. The first kappa shape index (κ1) is 10.6. The van der Waals surface area contributed by atoms with Crippen LogP contribution in [0.4, 0.5) is 5.82 Å². The standard InChI is InChI=1S/C10H14ClN3O/c1-3-15-10(2)6-14(7-10)9-8(11)12-4-5-13-9/h4-5H,3,6-7H2,1-2H3. The third kappa shape index (κ3) is 2.06. The first-order valence-electron chi connectivity index (χ1n) is 5.00. The van der Waals surface area contributed by atoms with Crippen LogP contribution >= 0.6 is 11.6 Å². The Morgan fingerprint density at radius 2 is 2.13 bits per heavy atom. The second-order valence-corrected chi connectivity index (χ2v) is 4.27. The van der Waals surface area contributed by atoms with Gasteiger partial charge in [-0.2, -0.15) is 0 Å². The maximum atomic E-state index is 5.95. The molecule has 0 N–H and O–H groups in total. The first-order valence-corrected chi connectivity index (χ1v) is 5.38. The highest BCUT2D eigenvalue weighted by molar-refractivity contribution is 6.31. The molecule has 0 spiro atoms. The van der Waals surface area contributed by atoms with E-state index in [1.54, 1.807) is 12.4 Å². The number of hydrogen-bond donors (Lipinski definition) is 0. The summed E-state index contributed by atoms with van der Waals surface area (Å²) in [5.74, 6) is 0.747. The first-order chi connectivity index (χ1) is 7.14. The van der Waals surface area contributed by atoms with Gasteiger partial charge in [0, 0.05) is 19.0 Å². The van der Waals surface area contributed by atoms with Crippen LogP contribution in [0, 0.1) is 0 Å². The minimum Gasteiger partial charge on any atom is -0.372 e. The molecule has 0 saturated carbocycles. The van der Waals surface area contributed by atoms with Crippen LogP contribution < -0.4 is 4.90 Å². The van der Waals surface area contributed by atoms with Gasteiger partial charge in [-0.3, -0.25) is 0 Å². The van der Waals surface area contributed by atoms with Gasteiger partial charge in [-0.25, -0.2) is 9.97 Å². The molecular weight excluding hydrogens is 214 g/mol. The summed E-state index contributed by atoms with van der Waals surface area (Å²) in [6, 6.07) is 0. The Kier molecular flexibility index (Phi) is 2.80. The van der Waals surface area contributed by atoms with Crippen molar-refractivity contribution in [2.45, 2.75) is 19.4 Å². The Balaban J connectivity index is 2.03. The highest BCUT2D eigenvalue weighted by atomic mass is 35.5. The van der Waals surface area contributed by atoms with E-state index >= 15 is 0 Å². The lowest BCUT2D eigenvalue weighted by atomic mass is 9.96. The van der Waals surface area contributed by atoms with Crippen molar-refractivity contribution in [3.63, 3.8) is 0 Å². The lowest BCUT2D eigenvalue weighted by Crippen LogP contribution is -2.62. The van der Waals surface area contributed by atoms with Crippen LogP contribution in [0.5, 0.6) is 0 Å². The fourth-order valence-electron chi connectivity index (χ4n) is 1.88. The molecule has 15 heavy (non-hydrogen) atoms. The second kappa shape index (κ2) is 3.94. The second-order valence-electron chi connectivity index (χ2n) is 3.91. The molecule has 0 atom stereocenters. The van der Waals surface area contributed by atoms with Crippen molar-refractivity contribution in [1.29, 1.82) is 0 Å². The molecule has 1 aliphatic rings. The average molecular weight is 228 g/mol. The molecule has 0 radical (unpaired) electrons. The van der Waals surface area contributed by atoms with Gasteiger partial charge in [0.2, 0.25) is 0 Å². The zero-order valence-electron chi connectivity index (χ0n) is 8.90. The van der Waals surface area contributed by atoms with Gasteiger partial charge in [0.05, 0.1) is 13.1 Å². The summed E-state index contributed by atoms with van der Waals surface area (Å²) >= 11 is 5.95. The van der Waals surface area contributed by atoms with Crippen molar-refractivity contribution in [2.24, 2.45) is 0 Å². The van der Waals surface area contributed by atoms with E-state index in [9.17, 15) is 0 Å². The minimum absolute atomic E-state index is 0.0599. The van der Waals surface area contributed by atoms with Crippen LogP contribution in [0.15, 0.2) is 12.4 Å². The number of aromatic nitrogens is 2. The highest BCUT2D eigenvalue weighted by Gasteiger charge is 2.40. The number of halogens is 1. The van der Waals surface area contributed by atoms with Crippen LogP contribution in [0.1, 0.15) is 13.8 Å². The Morgan fingerprint density at radius 1 is 1.47 bits per heavy atom. The van der Waals surface area contributed by atoms with Crippen molar-refractivity contribution in [2.75, 3.05) is 24.6 Å². The molecule has 1 aromatic heterocycles. The molecule has 0 bridgehead atoms. The van der Waals surface area contributed by atoms with E-state index in [2.05, 4.69) is 21.8 Å². The quantitative estimate of drug-likeness (QED) is 0.789. The van der Waals surface area contributed by atoms with Gasteiger partial charge in [-0.15, -0.1) is 0 Å². The maximum Gasteiger partial charge on any atom is 0.171 e. The smallest absolute Gasteiger partial charge is 0.171 e. The predicted molar refractivity (Wildman–Crippen MR) is 59.3 cm³/mol. The van der Waals surface area contributed by atoms with Gasteiger partial charge in [0.25, 0.3) is 0 Å². The summed E-state index contributed by atoms with van der Waals surface area (Å²) in [4.78, 5) is 10.3. The number of ether oxygens (including phenoxy) is 1. The molecular formula is C10H14ClN3O. The molecule has 0 aliphatic carbocycles. The SMILES string of the molecule is CCOC1(C)CN(c2nccnc2Cl)C1. The van der Waals surface area contributed by atoms with Gasteiger partial charge >= 0.3 is 0 Å². The normalized spacial score (nSPS) is 18.7. The highest BCUT2D eigenvalue weighted by Crippen LogP contribution is 2.31. The molecule has 1 aliphatic heterocycles. The van der Waals surface area contributed by atoms with E-state index in [1.165, 1.54) is 0 Å². The molecule has 1 fully saturated rings. The summed E-state index contributed by atoms with van der Waals surface area (Å²) in [5, 5.41) is 0.455. The lowest BCUT2D eigenvalue weighted by Gasteiger charge is -2.48. The lowest BCUT2D eigenvalue weighted by molar-refractivity contribution is -0.0448. The Morgan fingerprint density at radius 3 is 2.73 bits per heavy atom. The monoisotopic (exact) mass is 227 g/mol. The molecule has 5 heteroatoms. The molecule has 0 unspecified atom stereocenters. The Hall–Kier alpha value is -0.870. The van der Waals surface area contributed by atoms with Gasteiger partial charge < -0.3 is 9.64 Å². The van der Waals surface area contributed by atoms with E-state index in [0.717, 1.165) is 25.5 Å². The molecule has 2 rings (SSSR count). The van der Waals surface area contributed by atoms with E-state index in [1.807, 2.05) is 6.92 Å². The summed E-state index contributed by atoms with van der Waals surface area (Å²) in [5.41, 5.74) is -0.0599. The van der Waals surface area contributed by atoms with Crippen molar-refractivity contribution in [1.82, 2.24) is 9.97 Å². The summed E-state index contributed by atoms with van der Waals surface area (Å²) in [7, 11) is 0. The predicted octanol–water partition coefficient (Wildman–Crippen LogP) is 1.75. The van der Waals surface area contributed by atoms with Crippen LogP contribution in [0.2, 0.25) is 5.15 Å². The summed E-state index contributed by atoms with van der Waals surface area (Å²) in [6.07, 6.45) is 3.24. The summed E-state index contributed by atoms with van der Waals surface area (Å²) < 4.78 is 5.62. The zero-order valence-corrected chi connectivity index (χ0v) is 9.66. The third-order valence-corrected chi connectivity index (χ3v) is 2.75. The molecule has 0 aromatic carbocycles. The Labute approximate surface area is 94.2 Å². The maximum absolute atomic E-state index is 5.95. The van der Waals surface area contributed by atoms with Gasteiger partial charge in [-0.1, -0.05) is 11.6 Å². The molecule has 2 heterocycles. The van der Waals surface area contributed by atoms with Crippen LogP contribution in [-0.4, -0.2) is 35.3 Å². The number of anilines is 1. The van der Waals surface area contributed by atoms with Crippen LogP contribution in [-0.2, 0) is 4.74 Å². The molecule has 1 aromatic rings. The fraction of sp³-hybridized carbons (Fsp3) is 0.600. The van der Waals surface area contributed by atoms with Crippen LogP contribution in [0.25, 0.3) is 0 Å². The van der Waals surface area contributed by atoms with Crippen molar-refractivity contribution < 1.29 is 4.74 Å².